The molecule has 1 rings (SSSR count). The molecule has 0 aliphatic rings. The van der Waals surface area contributed by atoms with Crippen LogP contribution in [0.15, 0.2) is 31.6 Å². The molecular weight excluding hydrogens is 328 g/mol. The molecule has 0 saturated carbocycles. The number of halogens is 3. The van der Waals surface area contributed by atoms with Gasteiger partial charge in [-0.3, -0.25) is 0 Å². The van der Waals surface area contributed by atoms with Crippen molar-refractivity contribution in [3.8, 4) is 0 Å². The molecule has 4 heteroatoms. The summed E-state index contributed by atoms with van der Waals surface area (Å²) in [6.07, 6.45) is 0. The van der Waals surface area contributed by atoms with E-state index in [0.717, 1.165) is 13.4 Å². The predicted molar refractivity (Wildman–Crippen MR) is 53.2 cm³/mol. The Morgan fingerprint density at radius 2 is 0.900 bits per heavy atom. The lowest BCUT2D eigenvalue weighted by atomic mass is 10.4. The van der Waals surface area contributed by atoms with Crippen molar-refractivity contribution in [2.24, 2.45) is 0 Å². The van der Waals surface area contributed by atoms with Gasteiger partial charge in [-0.15, -0.1) is 0 Å². The number of rotatable bonds is 0. The molecular formula is C6H5Br3O. The summed E-state index contributed by atoms with van der Waals surface area (Å²) in [5.41, 5.74) is 0. The fourth-order valence-corrected chi connectivity index (χ4v) is 2.92. The molecule has 1 nitrogen and oxygen atoms in total. The van der Waals surface area contributed by atoms with Crippen LogP contribution in [-0.2, 0) is 0 Å². The fourth-order valence-electron chi connectivity index (χ4n) is 0.520. The van der Waals surface area contributed by atoms with Gasteiger partial charge in [0.25, 0.3) is 0 Å². The Morgan fingerprint density at radius 1 is 0.700 bits per heavy atom. The molecule has 1 aromatic carbocycles. The van der Waals surface area contributed by atoms with Gasteiger partial charge < -0.3 is 5.48 Å². The summed E-state index contributed by atoms with van der Waals surface area (Å²) >= 11 is 10.1. The van der Waals surface area contributed by atoms with Gasteiger partial charge in [-0.1, -0.05) is 47.8 Å². The lowest BCUT2D eigenvalue weighted by Crippen LogP contribution is -1.66. The van der Waals surface area contributed by atoms with E-state index in [9.17, 15) is 0 Å². The van der Waals surface area contributed by atoms with Crippen molar-refractivity contribution < 1.29 is 5.48 Å². The van der Waals surface area contributed by atoms with Crippen LogP contribution >= 0.6 is 47.8 Å². The molecule has 1 aromatic rings. The van der Waals surface area contributed by atoms with Crippen molar-refractivity contribution in [2.75, 3.05) is 0 Å². The average Bonchev–Trinajstić information content (AvgIpc) is 1.59. The first kappa shape index (κ1) is 10.6. The van der Waals surface area contributed by atoms with Crippen LogP contribution in [0.1, 0.15) is 0 Å². The minimum absolute atomic E-state index is 0. The highest BCUT2D eigenvalue weighted by Crippen LogP contribution is 2.23. The molecule has 0 saturated heterocycles. The summed E-state index contributed by atoms with van der Waals surface area (Å²) in [5, 5.41) is 0. The molecule has 0 aliphatic heterocycles. The zero-order valence-electron chi connectivity index (χ0n) is 4.87. The molecule has 0 aromatic heterocycles. The highest BCUT2D eigenvalue weighted by Gasteiger charge is 1.91. The van der Waals surface area contributed by atoms with Gasteiger partial charge in [-0.2, -0.15) is 0 Å². The first-order chi connectivity index (χ1) is 4.18. The van der Waals surface area contributed by atoms with Gasteiger partial charge in [-0.25, -0.2) is 0 Å². The van der Waals surface area contributed by atoms with Crippen LogP contribution in [0.4, 0.5) is 0 Å². The Morgan fingerprint density at radius 3 is 1.10 bits per heavy atom. The lowest BCUT2D eigenvalue weighted by molar-refractivity contribution is 0.824. The Labute approximate surface area is 84.5 Å². The SMILES string of the molecule is Brc1cc(Br)cc(Br)c1.O. The Hall–Kier alpha value is 0.620. The van der Waals surface area contributed by atoms with Crippen LogP contribution in [0, 0.1) is 0 Å². The molecule has 0 unspecified atom stereocenters. The van der Waals surface area contributed by atoms with Crippen LogP contribution < -0.4 is 0 Å². The zero-order valence-corrected chi connectivity index (χ0v) is 9.62. The van der Waals surface area contributed by atoms with Gasteiger partial charge in [0.05, 0.1) is 0 Å². The van der Waals surface area contributed by atoms with E-state index in [1.807, 2.05) is 18.2 Å². The minimum atomic E-state index is 0. The largest absolute Gasteiger partial charge is 0.412 e. The highest BCUT2D eigenvalue weighted by atomic mass is 79.9. The molecule has 0 bridgehead atoms. The molecule has 0 heterocycles. The number of benzene rings is 1. The van der Waals surface area contributed by atoms with E-state index >= 15 is 0 Å². The van der Waals surface area contributed by atoms with E-state index in [1.165, 1.54) is 0 Å². The predicted octanol–water partition coefficient (Wildman–Crippen LogP) is 3.15. The van der Waals surface area contributed by atoms with Crippen LogP contribution in [0.2, 0.25) is 0 Å². The lowest BCUT2D eigenvalue weighted by Gasteiger charge is -1.92. The van der Waals surface area contributed by atoms with E-state index in [-0.39, 0.29) is 5.48 Å². The second-order valence-corrected chi connectivity index (χ2v) is 4.33. The standard InChI is InChI=1S/C6H3Br3.H2O/c7-4-1-5(8)3-6(9)2-4;/h1-3H;1H2. The third-order valence-corrected chi connectivity index (χ3v) is 2.20. The summed E-state index contributed by atoms with van der Waals surface area (Å²) < 4.78 is 3.22. The first-order valence-corrected chi connectivity index (χ1v) is 4.68. The highest BCUT2D eigenvalue weighted by molar-refractivity contribution is 9.11. The van der Waals surface area contributed by atoms with E-state index in [1.54, 1.807) is 0 Å². The monoisotopic (exact) mass is 330 g/mol. The molecule has 56 valence electrons. The molecule has 0 fully saturated rings. The van der Waals surface area contributed by atoms with Crippen LogP contribution in [0.5, 0.6) is 0 Å². The summed E-state index contributed by atoms with van der Waals surface area (Å²) in [6.45, 7) is 0. The summed E-state index contributed by atoms with van der Waals surface area (Å²) in [6, 6.07) is 5.97. The van der Waals surface area contributed by atoms with E-state index in [2.05, 4.69) is 47.8 Å². The van der Waals surface area contributed by atoms with Gasteiger partial charge in [0, 0.05) is 13.4 Å². The molecule has 0 radical (unpaired) electrons. The van der Waals surface area contributed by atoms with Gasteiger partial charge >= 0.3 is 0 Å². The van der Waals surface area contributed by atoms with Crippen LogP contribution in [0.3, 0.4) is 0 Å². The van der Waals surface area contributed by atoms with Gasteiger partial charge in [0.2, 0.25) is 0 Å². The molecule has 0 atom stereocenters. The molecule has 2 N–H and O–H groups in total. The summed E-state index contributed by atoms with van der Waals surface area (Å²) in [7, 11) is 0. The van der Waals surface area contributed by atoms with Crippen molar-refractivity contribution in [1.29, 1.82) is 0 Å². The van der Waals surface area contributed by atoms with Gasteiger partial charge in [0.1, 0.15) is 0 Å². The van der Waals surface area contributed by atoms with Crippen LogP contribution in [-0.4, -0.2) is 5.48 Å². The second-order valence-electron chi connectivity index (χ2n) is 1.59. The maximum Gasteiger partial charge on any atom is 0.0197 e. The topological polar surface area (TPSA) is 31.5 Å². The summed E-state index contributed by atoms with van der Waals surface area (Å²) in [4.78, 5) is 0. The molecule has 0 aliphatic carbocycles. The van der Waals surface area contributed by atoms with E-state index in [0.29, 0.717) is 0 Å². The second kappa shape index (κ2) is 4.49. The van der Waals surface area contributed by atoms with Crippen LogP contribution in [0.25, 0.3) is 0 Å². The van der Waals surface area contributed by atoms with E-state index < -0.39 is 0 Å². The smallest absolute Gasteiger partial charge is 0.0197 e. The van der Waals surface area contributed by atoms with Gasteiger partial charge in [-0.05, 0) is 18.2 Å². The maximum atomic E-state index is 3.35. The van der Waals surface area contributed by atoms with Crippen molar-refractivity contribution >= 4 is 47.8 Å². The molecule has 10 heavy (non-hydrogen) atoms. The molecule has 0 amide bonds. The number of hydrogen-bond donors (Lipinski definition) is 0. The third kappa shape index (κ3) is 3.14. The van der Waals surface area contributed by atoms with E-state index in [4.69, 9.17) is 0 Å². The third-order valence-electron chi connectivity index (χ3n) is 0.827. The average molecular weight is 333 g/mol. The van der Waals surface area contributed by atoms with Crippen molar-refractivity contribution in [3.05, 3.63) is 31.6 Å². The normalized spacial score (nSPS) is 8.70. The fraction of sp³-hybridized carbons (Fsp3) is 0. The quantitative estimate of drug-likeness (QED) is 0.699. The summed E-state index contributed by atoms with van der Waals surface area (Å²) in [5.74, 6) is 0. The van der Waals surface area contributed by atoms with Crippen molar-refractivity contribution in [2.45, 2.75) is 0 Å². The Balaban J connectivity index is 0.000000810. The number of hydrogen-bond acceptors (Lipinski definition) is 0. The Kier molecular flexibility index (Phi) is 4.77. The van der Waals surface area contributed by atoms with Crippen molar-refractivity contribution in [1.82, 2.24) is 0 Å². The zero-order chi connectivity index (χ0) is 6.85. The van der Waals surface area contributed by atoms with Gasteiger partial charge in [0.15, 0.2) is 0 Å². The molecule has 0 spiro atoms. The minimum Gasteiger partial charge on any atom is -0.412 e. The Bertz CT molecular complexity index is 174. The maximum absolute atomic E-state index is 3.35. The first-order valence-electron chi connectivity index (χ1n) is 2.30. The van der Waals surface area contributed by atoms with Crippen molar-refractivity contribution in [3.63, 3.8) is 0 Å².